The van der Waals surface area contributed by atoms with Crippen LogP contribution in [0.1, 0.15) is 13.3 Å². The molecule has 2 rings (SSSR count). The molecule has 1 aromatic rings. The number of likely N-dealkylation sites (tertiary alicyclic amines) is 1. The van der Waals surface area contributed by atoms with Gasteiger partial charge in [0.15, 0.2) is 0 Å². The molecular formula is C12H12BrFN2O2. The zero-order valence-corrected chi connectivity index (χ0v) is 11.3. The third-order valence-electron chi connectivity index (χ3n) is 2.82. The van der Waals surface area contributed by atoms with Gasteiger partial charge in [-0.05, 0) is 41.1 Å². The zero-order chi connectivity index (χ0) is 13.3. The van der Waals surface area contributed by atoms with Crippen molar-refractivity contribution in [2.45, 2.75) is 19.4 Å². The maximum Gasteiger partial charge on any atom is 0.252 e. The molecule has 6 heteroatoms. The molecule has 1 N–H and O–H groups in total. The van der Waals surface area contributed by atoms with Crippen molar-refractivity contribution in [1.29, 1.82) is 0 Å². The first-order valence-corrected chi connectivity index (χ1v) is 6.38. The minimum absolute atomic E-state index is 0.141. The summed E-state index contributed by atoms with van der Waals surface area (Å²) in [7, 11) is 0. The summed E-state index contributed by atoms with van der Waals surface area (Å²) in [4.78, 5) is 24.6. The van der Waals surface area contributed by atoms with Crippen molar-refractivity contribution < 1.29 is 14.0 Å². The molecule has 0 spiro atoms. The van der Waals surface area contributed by atoms with E-state index in [2.05, 4.69) is 21.2 Å². The molecule has 0 bridgehead atoms. The number of nitrogens with zero attached hydrogens (tertiary/aromatic N) is 1. The molecule has 1 saturated heterocycles. The summed E-state index contributed by atoms with van der Waals surface area (Å²) in [6.45, 7) is 2.13. The Morgan fingerprint density at radius 1 is 1.50 bits per heavy atom. The van der Waals surface area contributed by atoms with Gasteiger partial charge in [0.2, 0.25) is 5.91 Å². The molecule has 96 valence electrons. The van der Waals surface area contributed by atoms with Crippen molar-refractivity contribution in [2.24, 2.45) is 0 Å². The van der Waals surface area contributed by atoms with E-state index in [4.69, 9.17) is 0 Å². The largest absolute Gasteiger partial charge is 0.373 e. The number of carbonyl (C=O) groups excluding carboxylic acids is 2. The van der Waals surface area contributed by atoms with Crippen LogP contribution in [0.3, 0.4) is 0 Å². The average Bonchev–Trinajstić information content (AvgIpc) is 2.59. The minimum Gasteiger partial charge on any atom is -0.373 e. The van der Waals surface area contributed by atoms with Gasteiger partial charge in [-0.3, -0.25) is 14.5 Å². The van der Waals surface area contributed by atoms with E-state index in [1.165, 1.54) is 17.0 Å². The topological polar surface area (TPSA) is 49.4 Å². The maximum absolute atomic E-state index is 13.1. The second-order valence-corrected chi connectivity index (χ2v) is 4.86. The summed E-state index contributed by atoms with van der Waals surface area (Å²) in [5, 5.41) is 2.94. The number of hydrogen-bond donors (Lipinski definition) is 1. The molecule has 0 aliphatic carbocycles. The summed E-state index contributed by atoms with van der Waals surface area (Å²) in [5.74, 6) is -0.784. The molecular weight excluding hydrogens is 303 g/mol. The predicted molar refractivity (Wildman–Crippen MR) is 68.5 cm³/mol. The van der Waals surface area contributed by atoms with Crippen LogP contribution in [0, 0.1) is 5.82 Å². The van der Waals surface area contributed by atoms with E-state index < -0.39 is 6.04 Å². The quantitative estimate of drug-likeness (QED) is 0.870. The summed E-state index contributed by atoms with van der Waals surface area (Å²) < 4.78 is 13.4. The van der Waals surface area contributed by atoms with E-state index in [0.717, 1.165) is 0 Å². The van der Waals surface area contributed by atoms with Crippen molar-refractivity contribution in [3.8, 4) is 0 Å². The number of amides is 2. The second kappa shape index (κ2) is 5.06. The van der Waals surface area contributed by atoms with Crippen molar-refractivity contribution >= 4 is 33.4 Å². The van der Waals surface area contributed by atoms with Gasteiger partial charge in [0, 0.05) is 12.2 Å². The van der Waals surface area contributed by atoms with Crippen LogP contribution in [0.15, 0.2) is 22.7 Å². The first kappa shape index (κ1) is 13.0. The lowest BCUT2D eigenvalue weighted by Crippen LogP contribution is -2.34. The fourth-order valence-electron chi connectivity index (χ4n) is 1.92. The number of nitrogens with one attached hydrogen (secondary N) is 1. The second-order valence-electron chi connectivity index (χ2n) is 4.01. The normalized spacial score (nSPS) is 19.5. The zero-order valence-electron chi connectivity index (χ0n) is 9.74. The number of rotatable bonds is 3. The molecule has 0 aromatic heterocycles. The van der Waals surface area contributed by atoms with Gasteiger partial charge in [0.1, 0.15) is 11.9 Å². The van der Waals surface area contributed by atoms with Gasteiger partial charge in [0.25, 0.3) is 5.91 Å². The van der Waals surface area contributed by atoms with Crippen LogP contribution in [-0.4, -0.2) is 29.3 Å². The number of halogens is 2. The highest BCUT2D eigenvalue weighted by molar-refractivity contribution is 9.10. The van der Waals surface area contributed by atoms with Crippen LogP contribution >= 0.6 is 15.9 Å². The van der Waals surface area contributed by atoms with Gasteiger partial charge >= 0.3 is 0 Å². The Hall–Kier alpha value is -1.43. The molecule has 1 aliphatic rings. The van der Waals surface area contributed by atoms with E-state index in [0.29, 0.717) is 16.7 Å². The lowest BCUT2D eigenvalue weighted by molar-refractivity contribution is -0.138. The number of anilines is 1. The number of imide groups is 1. The molecule has 1 atom stereocenters. The Labute approximate surface area is 112 Å². The Balaban J connectivity index is 2.13. The van der Waals surface area contributed by atoms with E-state index in [-0.39, 0.29) is 24.1 Å². The molecule has 1 heterocycles. The summed E-state index contributed by atoms with van der Waals surface area (Å²) in [6, 6.07) is 3.81. The Kier molecular flexibility index (Phi) is 3.65. The molecule has 1 aromatic carbocycles. The van der Waals surface area contributed by atoms with Crippen LogP contribution in [0.25, 0.3) is 0 Å². The van der Waals surface area contributed by atoms with Gasteiger partial charge in [-0.1, -0.05) is 0 Å². The molecule has 0 radical (unpaired) electrons. The third kappa shape index (κ3) is 2.38. The SMILES string of the molecule is CCN1C(=O)CC(Nc2ccc(F)c(Br)c2)C1=O. The molecule has 1 aliphatic heterocycles. The van der Waals surface area contributed by atoms with E-state index in [1.54, 1.807) is 13.0 Å². The smallest absolute Gasteiger partial charge is 0.252 e. The molecule has 2 amide bonds. The monoisotopic (exact) mass is 314 g/mol. The maximum atomic E-state index is 13.1. The first-order valence-electron chi connectivity index (χ1n) is 5.58. The van der Waals surface area contributed by atoms with Crippen LogP contribution < -0.4 is 5.32 Å². The van der Waals surface area contributed by atoms with Crippen molar-refractivity contribution in [1.82, 2.24) is 4.90 Å². The van der Waals surface area contributed by atoms with Crippen LogP contribution in [0.5, 0.6) is 0 Å². The highest BCUT2D eigenvalue weighted by atomic mass is 79.9. The van der Waals surface area contributed by atoms with Crippen molar-refractivity contribution in [2.75, 3.05) is 11.9 Å². The van der Waals surface area contributed by atoms with Gasteiger partial charge in [0.05, 0.1) is 10.9 Å². The van der Waals surface area contributed by atoms with Gasteiger partial charge in [-0.25, -0.2) is 4.39 Å². The Morgan fingerprint density at radius 3 is 2.78 bits per heavy atom. The first-order chi connectivity index (χ1) is 8.52. The van der Waals surface area contributed by atoms with Gasteiger partial charge in [-0.2, -0.15) is 0 Å². The standard InChI is InChI=1S/C12H12BrFN2O2/c1-2-16-11(17)6-10(12(16)18)15-7-3-4-9(14)8(13)5-7/h3-5,10,15H,2,6H2,1H3. The summed E-state index contributed by atoms with van der Waals surface area (Å²) in [6.07, 6.45) is 0.141. The van der Waals surface area contributed by atoms with E-state index in [1.807, 2.05) is 0 Å². The third-order valence-corrected chi connectivity index (χ3v) is 3.43. The van der Waals surface area contributed by atoms with E-state index >= 15 is 0 Å². The van der Waals surface area contributed by atoms with Crippen molar-refractivity contribution in [3.05, 3.63) is 28.5 Å². The van der Waals surface area contributed by atoms with Crippen LogP contribution in [-0.2, 0) is 9.59 Å². The Morgan fingerprint density at radius 2 is 2.22 bits per heavy atom. The Bertz CT molecular complexity index is 507. The minimum atomic E-state index is -0.560. The fraction of sp³-hybridized carbons (Fsp3) is 0.333. The van der Waals surface area contributed by atoms with Gasteiger partial charge in [-0.15, -0.1) is 0 Å². The summed E-state index contributed by atoms with van der Waals surface area (Å²) >= 11 is 3.07. The lowest BCUT2D eigenvalue weighted by atomic mass is 10.2. The van der Waals surface area contributed by atoms with E-state index in [9.17, 15) is 14.0 Å². The van der Waals surface area contributed by atoms with Crippen molar-refractivity contribution in [3.63, 3.8) is 0 Å². The van der Waals surface area contributed by atoms with Crippen LogP contribution in [0.2, 0.25) is 0 Å². The average molecular weight is 315 g/mol. The molecule has 4 nitrogen and oxygen atoms in total. The molecule has 18 heavy (non-hydrogen) atoms. The number of hydrogen-bond acceptors (Lipinski definition) is 3. The fourth-order valence-corrected chi connectivity index (χ4v) is 2.29. The predicted octanol–water partition coefficient (Wildman–Crippen LogP) is 2.15. The highest BCUT2D eigenvalue weighted by Gasteiger charge is 2.37. The molecule has 1 unspecified atom stereocenters. The summed E-state index contributed by atoms with van der Waals surface area (Å²) in [5.41, 5.74) is 0.604. The van der Waals surface area contributed by atoms with Crippen LogP contribution in [0.4, 0.5) is 10.1 Å². The molecule has 1 fully saturated rings. The number of likely N-dealkylation sites (N-methyl/N-ethyl adjacent to an activating group) is 1. The number of carbonyl (C=O) groups is 2. The lowest BCUT2D eigenvalue weighted by Gasteiger charge is -2.14. The van der Waals surface area contributed by atoms with Gasteiger partial charge < -0.3 is 5.32 Å². The number of benzene rings is 1. The molecule has 0 saturated carbocycles. The highest BCUT2D eigenvalue weighted by Crippen LogP contribution is 2.23.